The first kappa shape index (κ1) is 25.6. The quantitative estimate of drug-likeness (QED) is 0.348. The number of fused-ring (bicyclic) bond motifs is 5. The fourth-order valence-electron chi connectivity index (χ4n) is 7.73. The Bertz CT molecular complexity index is 1750. The largest absolute Gasteiger partial charge is 0.508 e. The van der Waals surface area contributed by atoms with E-state index in [1.54, 1.807) is 12.1 Å². The topological polar surface area (TPSA) is 99.5 Å². The highest BCUT2D eigenvalue weighted by Gasteiger charge is 2.45. The molecule has 2 atom stereocenters. The molecular formula is C32H32FN7O2. The molecular weight excluding hydrogens is 533 g/mol. The molecule has 4 aliphatic rings. The van der Waals surface area contributed by atoms with Crippen molar-refractivity contribution >= 4 is 27.6 Å². The van der Waals surface area contributed by atoms with Gasteiger partial charge in [-0.05, 0) is 75.2 Å². The van der Waals surface area contributed by atoms with E-state index < -0.39 is 5.82 Å². The van der Waals surface area contributed by atoms with Gasteiger partial charge in [-0.25, -0.2) is 4.39 Å². The third-order valence-corrected chi connectivity index (χ3v) is 9.68. The van der Waals surface area contributed by atoms with Crippen molar-refractivity contribution in [3.05, 3.63) is 41.7 Å². The maximum atomic E-state index is 16.7. The van der Waals surface area contributed by atoms with E-state index in [0.29, 0.717) is 51.9 Å². The molecule has 4 aromatic rings. The van der Waals surface area contributed by atoms with Gasteiger partial charge in [-0.15, -0.1) is 16.6 Å². The van der Waals surface area contributed by atoms with Crippen molar-refractivity contribution in [2.24, 2.45) is 0 Å². The van der Waals surface area contributed by atoms with Gasteiger partial charge < -0.3 is 20.1 Å². The summed E-state index contributed by atoms with van der Waals surface area (Å²) in [5.74, 6) is 2.56. The second-order valence-corrected chi connectivity index (χ2v) is 12.2. The Morgan fingerprint density at radius 1 is 1.07 bits per heavy atom. The first-order valence-electron chi connectivity index (χ1n) is 14.9. The van der Waals surface area contributed by atoms with Gasteiger partial charge in [0.2, 0.25) is 0 Å². The number of benzene rings is 2. The van der Waals surface area contributed by atoms with E-state index >= 15 is 4.39 Å². The minimum atomic E-state index is -0.646. The SMILES string of the molecule is C#Cc1cccc2cc(O)cc(-c3nnc4c(N5CC6CCC(C5)N6)nc(OCC56CCCN5CCC6)nc4c3F)c12. The predicted octanol–water partition coefficient (Wildman–Crippen LogP) is 4.01. The molecule has 4 saturated heterocycles. The van der Waals surface area contributed by atoms with E-state index in [1.165, 1.54) is 6.07 Å². The molecule has 4 fully saturated rings. The molecule has 0 spiro atoms. The molecule has 0 radical (unpaired) electrons. The van der Waals surface area contributed by atoms with Crippen molar-refractivity contribution in [3.63, 3.8) is 0 Å². The number of piperazine rings is 1. The van der Waals surface area contributed by atoms with Crippen molar-refractivity contribution in [2.75, 3.05) is 37.7 Å². The van der Waals surface area contributed by atoms with Gasteiger partial charge in [-0.2, -0.15) is 9.97 Å². The van der Waals surface area contributed by atoms with Crippen LogP contribution in [-0.4, -0.2) is 80.6 Å². The van der Waals surface area contributed by atoms with Gasteiger partial charge in [0.1, 0.15) is 23.6 Å². The summed E-state index contributed by atoms with van der Waals surface area (Å²) in [6, 6.07) is 9.35. The summed E-state index contributed by atoms with van der Waals surface area (Å²) in [5, 5.41) is 24.3. The lowest BCUT2D eigenvalue weighted by Gasteiger charge is -2.34. The van der Waals surface area contributed by atoms with Crippen LogP contribution in [0, 0.1) is 18.2 Å². The first-order valence-corrected chi connectivity index (χ1v) is 14.9. The van der Waals surface area contributed by atoms with E-state index in [0.717, 1.165) is 64.7 Å². The molecule has 2 N–H and O–H groups in total. The Hall–Kier alpha value is -4.07. The Balaban J connectivity index is 1.27. The van der Waals surface area contributed by atoms with Crippen molar-refractivity contribution in [3.8, 4) is 35.4 Å². The summed E-state index contributed by atoms with van der Waals surface area (Å²) in [7, 11) is 0. The van der Waals surface area contributed by atoms with Crippen molar-refractivity contribution in [1.82, 2.24) is 30.4 Å². The lowest BCUT2D eigenvalue weighted by molar-refractivity contribution is 0.108. The van der Waals surface area contributed by atoms with Gasteiger partial charge in [-0.1, -0.05) is 18.1 Å². The van der Waals surface area contributed by atoms with E-state index in [4.69, 9.17) is 16.1 Å². The van der Waals surface area contributed by atoms with Crippen molar-refractivity contribution < 1.29 is 14.2 Å². The van der Waals surface area contributed by atoms with Crippen LogP contribution < -0.4 is 15.0 Å². The number of nitrogens with one attached hydrogen (secondary N) is 1. The van der Waals surface area contributed by atoms with Gasteiger partial charge in [0.05, 0.1) is 5.54 Å². The molecule has 2 unspecified atom stereocenters. The smallest absolute Gasteiger partial charge is 0.319 e. The Kier molecular flexibility index (Phi) is 5.95. The molecule has 10 heteroatoms. The average molecular weight is 566 g/mol. The van der Waals surface area contributed by atoms with Crippen molar-refractivity contribution in [1.29, 1.82) is 0 Å². The summed E-state index contributed by atoms with van der Waals surface area (Å²) in [6.07, 6.45) is 12.5. The number of hydrogen-bond acceptors (Lipinski definition) is 9. The van der Waals surface area contributed by atoms with E-state index in [2.05, 4.69) is 36.2 Å². The number of hydrogen-bond donors (Lipinski definition) is 2. The van der Waals surface area contributed by atoms with Gasteiger partial charge >= 0.3 is 6.01 Å². The highest BCUT2D eigenvalue weighted by Crippen LogP contribution is 2.40. The summed E-state index contributed by atoms with van der Waals surface area (Å²) in [4.78, 5) is 14.1. The molecule has 0 saturated carbocycles. The van der Waals surface area contributed by atoms with Gasteiger partial charge in [0, 0.05) is 41.7 Å². The van der Waals surface area contributed by atoms with Crippen LogP contribution in [0.2, 0.25) is 0 Å². The standard InChI is InChI=1S/C32H32FN7O2/c1-2-19-6-3-7-20-14-23(41)15-24(25(19)20)27-26(33)28-29(38-37-27)30(39-16-21-8-9-22(17-39)34-21)36-31(35-28)42-18-32-10-4-12-40(32)13-5-11-32/h1,3,6-7,14-15,21-22,34,41H,4-5,8-13,16-18H2. The van der Waals surface area contributed by atoms with Crippen LogP contribution in [0.1, 0.15) is 44.1 Å². The molecule has 2 aromatic carbocycles. The number of phenolic OH excluding ortho intramolecular Hbond substituents is 1. The number of phenols is 1. The summed E-state index contributed by atoms with van der Waals surface area (Å²) < 4.78 is 23.0. The Morgan fingerprint density at radius 3 is 2.62 bits per heavy atom. The summed E-state index contributed by atoms with van der Waals surface area (Å²) in [6.45, 7) is 4.13. The zero-order valence-electron chi connectivity index (χ0n) is 23.3. The number of nitrogens with zero attached hydrogens (tertiary/aromatic N) is 6. The highest BCUT2D eigenvalue weighted by atomic mass is 19.1. The van der Waals surface area contributed by atoms with Crippen molar-refractivity contribution in [2.45, 2.75) is 56.1 Å². The fraction of sp³-hybridized carbons (Fsp3) is 0.438. The van der Waals surface area contributed by atoms with Gasteiger partial charge in [-0.3, -0.25) is 4.90 Å². The number of rotatable bonds is 5. The predicted molar refractivity (Wildman–Crippen MR) is 158 cm³/mol. The third-order valence-electron chi connectivity index (χ3n) is 9.68. The molecule has 2 aromatic heterocycles. The zero-order valence-corrected chi connectivity index (χ0v) is 23.3. The zero-order chi connectivity index (χ0) is 28.4. The molecule has 6 heterocycles. The first-order chi connectivity index (χ1) is 20.5. The Morgan fingerprint density at radius 2 is 1.86 bits per heavy atom. The van der Waals surface area contributed by atoms with Gasteiger partial charge in [0.15, 0.2) is 17.2 Å². The number of halogens is 1. The molecule has 9 nitrogen and oxygen atoms in total. The van der Waals surface area contributed by atoms with E-state index in [-0.39, 0.29) is 28.5 Å². The molecule has 214 valence electrons. The minimum Gasteiger partial charge on any atom is -0.508 e. The number of ether oxygens (including phenoxy) is 1. The van der Waals surface area contributed by atoms with Crippen LogP contribution in [0.15, 0.2) is 30.3 Å². The van der Waals surface area contributed by atoms with Crippen LogP contribution in [-0.2, 0) is 0 Å². The van der Waals surface area contributed by atoms with E-state index in [1.807, 2.05) is 12.1 Å². The van der Waals surface area contributed by atoms with Gasteiger partial charge in [0.25, 0.3) is 0 Å². The third kappa shape index (κ3) is 4.06. The number of aromatic nitrogens is 4. The molecule has 8 rings (SSSR count). The van der Waals surface area contributed by atoms with Crippen LogP contribution in [0.25, 0.3) is 33.1 Å². The number of aromatic hydroxyl groups is 1. The molecule has 0 aliphatic carbocycles. The monoisotopic (exact) mass is 565 g/mol. The summed E-state index contributed by atoms with van der Waals surface area (Å²) in [5.41, 5.74) is 1.25. The second-order valence-electron chi connectivity index (χ2n) is 12.2. The molecule has 4 aliphatic heterocycles. The van der Waals surface area contributed by atoms with Crippen LogP contribution in [0.3, 0.4) is 0 Å². The highest BCUT2D eigenvalue weighted by molar-refractivity contribution is 6.02. The van der Waals surface area contributed by atoms with Crippen LogP contribution in [0.4, 0.5) is 10.2 Å². The summed E-state index contributed by atoms with van der Waals surface area (Å²) >= 11 is 0. The minimum absolute atomic E-state index is 0.00105. The normalized spacial score (nSPS) is 23.0. The maximum absolute atomic E-state index is 16.7. The average Bonchev–Trinajstić information content (AvgIpc) is 3.68. The number of anilines is 1. The fourth-order valence-corrected chi connectivity index (χ4v) is 7.73. The number of terminal acetylenes is 1. The Labute approximate surface area is 243 Å². The maximum Gasteiger partial charge on any atom is 0.319 e. The van der Waals surface area contributed by atoms with E-state index in [9.17, 15) is 5.11 Å². The molecule has 0 amide bonds. The lowest BCUT2D eigenvalue weighted by atomic mass is 9.95. The second kappa shape index (κ2) is 9.75. The lowest BCUT2D eigenvalue weighted by Crippen LogP contribution is -2.51. The molecule has 2 bridgehead atoms. The molecule has 42 heavy (non-hydrogen) atoms. The van der Waals surface area contributed by atoms with Crippen LogP contribution >= 0.6 is 0 Å². The van der Waals surface area contributed by atoms with Crippen LogP contribution in [0.5, 0.6) is 11.8 Å².